The summed E-state index contributed by atoms with van der Waals surface area (Å²) in [5.41, 5.74) is 6.90. The van der Waals surface area contributed by atoms with Crippen LogP contribution in [-0.4, -0.2) is 68.9 Å². The Morgan fingerprint density at radius 2 is 1.74 bits per heavy atom. The summed E-state index contributed by atoms with van der Waals surface area (Å²) in [6.45, 7) is 15.1. The average molecular weight is 584 g/mol. The summed E-state index contributed by atoms with van der Waals surface area (Å²) in [6.07, 6.45) is 3.43. The number of likely N-dealkylation sites (N-methyl/N-ethyl adjacent to an activating group) is 1. The molecule has 1 unspecified atom stereocenters. The molecule has 0 aliphatic carbocycles. The van der Waals surface area contributed by atoms with E-state index in [1.54, 1.807) is 12.4 Å². The van der Waals surface area contributed by atoms with Gasteiger partial charge in [0.1, 0.15) is 6.10 Å². The predicted molar refractivity (Wildman–Crippen MR) is 168 cm³/mol. The van der Waals surface area contributed by atoms with Crippen molar-refractivity contribution in [1.82, 2.24) is 19.4 Å². The van der Waals surface area contributed by atoms with Crippen molar-refractivity contribution in [3.8, 4) is 16.9 Å². The number of hydrogen-bond acceptors (Lipinski definition) is 7. The lowest BCUT2D eigenvalue weighted by Gasteiger charge is -2.35. The summed E-state index contributed by atoms with van der Waals surface area (Å²) in [5.74, 6) is 0.192. The van der Waals surface area contributed by atoms with Crippen molar-refractivity contribution in [1.29, 1.82) is 0 Å². The summed E-state index contributed by atoms with van der Waals surface area (Å²) in [7, 11) is 2.10. The van der Waals surface area contributed by atoms with Gasteiger partial charge >= 0.3 is 5.97 Å². The molecule has 2 aliphatic heterocycles. The van der Waals surface area contributed by atoms with Gasteiger partial charge in [-0.2, -0.15) is 0 Å². The van der Waals surface area contributed by atoms with E-state index in [0.29, 0.717) is 23.8 Å². The fourth-order valence-corrected chi connectivity index (χ4v) is 6.53. The van der Waals surface area contributed by atoms with Gasteiger partial charge in [0.15, 0.2) is 11.9 Å². The zero-order valence-corrected chi connectivity index (χ0v) is 26.1. The van der Waals surface area contributed by atoms with Gasteiger partial charge in [-0.1, -0.05) is 29.8 Å². The van der Waals surface area contributed by atoms with Crippen LogP contribution in [-0.2, 0) is 16.1 Å². The van der Waals surface area contributed by atoms with Gasteiger partial charge in [0.05, 0.1) is 29.2 Å². The first-order chi connectivity index (χ1) is 20.4. The van der Waals surface area contributed by atoms with Gasteiger partial charge in [-0.3, -0.25) is 0 Å². The van der Waals surface area contributed by atoms with Crippen LogP contribution < -0.4 is 9.64 Å². The maximum Gasteiger partial charge on any atom is 0.337 e. The molecule has 6 rings (SSSR count). The summed E-state index contributed by atoms with van der Waals surface area (Å²) in [4.78, 5) is 26.8. The maximum absolute atomic E-state index is 13.0. The minimum absolute atomic E-state index is 0.134. The van der Waals surface area contributed by atoms with Gasteiger partial charge in [0.2, 0.25) is 5.95 Å². The Labute approximate surface area is 253 Å². The summed E-state index contributed by atoms with van der Waals surface area (Å²) < 4.78 is 14.8. The number of benzene rings is 2. The van der Waals surface area contributed by atoms with E-state index in [0.717, 1.165) is 70.6 Å². The van der Waals surface area contributed by atoms with Gasteiger partial charge in [0.25, 0.3) is 0 Å². The van der Waals surface area contributed by atoms with E-state index in [2.05, 4.69) is 65.6 Å². The Hall–Kier alpha value is -3.95. The van der Waals surface area contributed by atoms with Crippen LogP contribution in [0.15, 0.2) is 42.7 Å². The number of aromatic nitrogens is 3. The molecule has 1 fully saturated rings. The van der Waals surface area contributed by atoms with Crippen molar-refractivity contribution >= 4 is 28.5 Å². The average Bonchev–Trinajstić information content (AvgIpc) is 3.52. The van der Waals surface area contributed by atoms with Crippen LogP contribution in [0.4, 0.5) is 11.6 Å². The van der Waals surface area contributed by atoms with E-state index >= 15 is 0 Å². The number of carbonyl (C=O) groups is 1. The molecule has 1 saturated heterocycles. The smallest absolute Gasteiger partial charge is 0.337 e. The molecule has 2 aromatic heterocycles. The van der Waals surface area contributed by atoms with Crippen molar-refractivity contribution in [3.63, 3.8) is 0 Å². The van der Waals surface area contributed by atoms with Crippen molar-refractivity contribution in [2.24, 2.45) is 0 Å². The molecule has 4 aromatic rings. The van der Waals surface area contributed by atoms with Crippen molar-refractivity contribution in [2.75, 3.05) is 31.6 Å². The lowest BCUT2D eigenvalue weighted by atomic mass is 9.87. The van der Waals surface area contributed by atoms with Gasteiger partial charge in [-0.25, -0.2) is 14.8 Å². The molecule has 0 saturated carbocycles. The quantitative estimate of drug-likeness (QED) is 0.275. The third kappa shape index (κ3) is 5.47. The molecule has 226 valence electrons. The highest BCUT2D eigenvalue weighted by Gasteiger charge is 2.36. The molecule has 4 heterocycles. The minimum Gasteiger partial charge on any atom is -0.486 e. The molecular formula is C34H41N5O4. The van der Waals surface area contributed by atoms with Crippen LogP contribution in [0.2, 0.25) is 0 Å². The Morgan fingerprint density at radius 1 is 1.05 bits per heavy atom. The molecule has 0 amide bonds. The molecule has 0 bridgehead atoms. The Morgan fingerprint density at radius 3 is 2.35 bits per heavy atom. The number of aliphatic carboxylic acids is 1. The molecule has 0 spiro atoms. The highest BCUT2D eigenvalue weighted by molar-refractivity contribution is 6.08. The number of carboxylic acids is 1. The topological polar surface area (TPSA) is 93.0 Å². The second kappa shape index (κ2) is 11.0. The molecule has 43 heavy (non-hydrogen) atoms. The SMILES string of the molecule is Cc1ccc(-c2c([C@H](OC(C)(C)C)C(=O)O)c(C)c3c4c2cc(C)n4CCN3c2ncc(OC3CCN(C)C3)cn2)cc1. The fraction of sp³-hybridized carbons (Fsp3) is 0.441. The van der Waals surface area contributed by atoms with Crippen LogP contribution >= 0.6 is 0 Å². The maximum atomic E-state index is 13.0. The zero-order valence-electron chi connectivity index (χ0n) is 26.1. The highest BCUT2D eigenvalue weighted by atomic mass is 16.5. The number of carboxylic acid groups (broad SMARTS) is 1. The number of hydrogen-bond donors (Lipinski definition) is 1. The summed E-state index contributed by atoms with van der Waals surface area (Å²) in [6, 6.07) is 10.5. The van der Waals surface area contributed by atoms with E-state index in [1.165, 1.54) is 0 Å². The van der Waals surface area contributed by atoms with E-state index in [4.69, 9.17) is 19.4 Å². The number of aryl methyl sites for hydroxylation is 2. The van der Waals surface area contributed by atoms with Gasteiger partial charge in [-0.05, 0) is 77.8 Å². The van der Waals surface area contributed by atoms with Gasteiger partial charge in [-0.15, -0.1) is 0 Å². The molecule has 9 heteroatoms. The number of likely N-dealkylation sites (tertiary alicyclic amines) is 1. The van der Waals surface area contributed by atoms with E-state index in [1.807, 2.05) is 27.7 Å². The van der Waals surface area contributed by atoms with E-state index in [-0.39, 0.29) is 6.10 Å². The molecule has 2 aliphatic rings. The highest BCUT2D eigenvalue weighted by Crippen LogP contribution is 2.49. The lowest BCUT2D eigenvalue weighted by molar-refractivity contribution is -0.160. The van der Waals surface area contributed by atoms with Crippen LogP contribution in [0.5, 0.6) is 5.75 Å². The van der Waals surface area contributed by atoms with Gasteiger partial charge < -0.3 is 28.9 Å². The van der Waals surface area contributed by atoms with E-state index < -0.39 is 17.7 Å². The van der Waals surface area contributed by atoms with E-state index in [9.17, 15) is 9.90 Å². The third-order valence-electron chi connectivity index (χ3n) is 8.45. The van der Waals surface area contributed by atoms with Gasteiger partial charge in [0, 0.05) is 42.8 Å². The summed E-state index contributed by atoms with van der Waals surface area (Å²) in [5, 5.41) is 11.6. The first-order valence-corrected chi connectivity index (χ1v) is 15.0. The van der Waals surface area contributed by atoms with Crippen molar-refractivity contribution in [2.45, 2.75) is 72.3 Å². The molecule has 2 aromatic carbocycles. The Kier molecular flexibility index (Phi) is 7.42. The first-order valence-electron chi connectivity index (χ1n) is 15.0. The van der Waals surface area contributed by atoms with Crippen LogP contribution in [0.1, 0.15) is 55.7 Å². The summed E-state index contributed by atoms with van der Waals surface area (Å²) >= 11 is 0. The van der Waals surface area contributed by atoms with Crippen molar-refractivity contribution < 1.29 is 19.4 Å². The first kappa shape index (κ1) is 29.1. The molecular weight excluding hydrogens is 542 g/mol. The van der Waals surface area contributed by atoms with Crippen molar-refractivity contribution in [3.05, 3.63) is 65.1 Å². The second-order valence-electron chi connectivity index (χ2n) is 12.9. The van der Waals surface area contributed by atoms with Crippen LogP contribution in [0.3, 0.4) is 0 Å². The molecule has 9 nitrogen and oxygen atoms in total. The Balaban J connectivity index is 1.54. The molecule has 0 radical (unpaired) electrons. The number of ether oxygens (including phenoxy) is 2. The lowest BCUT2D eigenvalue weighted by Crippen LogP contribution is -2.32. The van der Waals surface area contributed by atoms with Crippen LogP contribution in [0, 0.1) is 20.8 Å². The largest absolute Gasteiger partial charge is 0.486 e. The second-order valence-corrected chi connectivity index (χ2v) is 12.9. The van der Waals surface area contributed by atoms with Crippen LogP contribution in [0.25, 0.3) is 22.0 Å². The fourth-order valence-electron chi connectivity index (χ4n) is 6.53. The minimum atomic E-state index is -1.18. The number of rotatable bonds is 7. The zero-order chi connectivity index (χ0) is 30.6. The normalized spacial score (nSPS) is 17.9. The molecule has 2 atom stereocenters. The molecule has 1 N–H and O–H groups in total. The monoisotopic (exact) mass is 583 g/mol. The third-order valence-corrected chi connectivity index (χ3v) is 8.45. The Bertz CT molecular complexity index is 1670. The number of nitrogens with zero attached hydrogens (tertiary/aromatic N) is 5. The predicted octanol–water partition coefficient (Wildman–Crippen LogP) is 6.20. The standard InChI is InChI=1S/C34H41N5O4/c1-20-8-10-23(11-9-20)28-26-16-21(2)38-14-15-39(33-35-17-25(18-36-33)42-24-12-13-37(7)19-24)29(30(26)38)22(3)27(28)31(32(40)41)43-34(4,5)6/h8-11,16-18,24,31H,12-15,19H2,1-7H3,(H,40,41)/t24?,31-/m0/s1. The number of anilines is 2.